The van der Waals surface area contributed by atoms with Crippen molar-refractivity contribution >= 4 is 17.7 Å². The van der Waals surface area contributed by atoms with E-state index in [0.717, 1.165) is 11.3 Å². The van der Waals surface area contributed by atoms with Gasteiger partial charge in [-0.25, -0.2) is 5.48 Å². The van der Waals surface area contributed by atoms with Crippen LogP contribution in [-0.2, 0) is 27.3 Å². The molecular weight excluding hydrogens is 420 g/mol. The minimum atomic E-state index is -0.933. The summed E-state index contributed by atoms with van der Waals surface area (Å²) in [6.07, 6.45) is 2.88. The van der Waals surface area contributed by atoms with Crippen LogP contribution in [0.5, 0.6) is 0 Å². The first kappa shape index (κ1) is 24.4. The second-order valence-corrected chi connectivity index (χ2v) is 9.08. The summed E-state index contributed by atoms with van der Waals surface area (Å²) in [4.78, 5) is 44.9. The van der Waals surface area contributed by atoms with E-state index in [1.807, 2.05) is 62.4 Å². The van der Waals surface area contributed by atoms with Crippen LogP contribution in [0.25, 0.3) is 0 Å². The lowest BCUT2D eigenvalue weighted by molar-refractivity contribution is -0.147. The molecule has 2 heterocycles. The summed E-state index contributed by atoms with van der Waals surface area (Å²) in [5, 5.41) is 12.0. The number of nitrogens with one attached hydrogen (secondary N) is 2. The minimum Gasteiger partial charge on any atom is -0.349 e. The molecule has 0 spiro atoms. The molecule has 1 fully saturated rings. The third-order valence-corrected chi connectivity index (χ3v) is 6.09. The summed E-state index contributed by atoms with van der Waals surface area (Å²) in [5.74, 6) is -0.894. The number of hydroxylamine groups is 1. The van der Waals surface area contributed by atoms with Crippen LogP contribution in [0.1, 0.15) is 44.4 Å². The highest BCUT2D eigenvalue weighted by Crippen LogP contribution is 2.42. The Bertz CT molecular complexity index is 951. The van der Waals surface area contributed by atoms with Gasteiger partial charge in [0.25, 0.3) is 0 Å². The van der Waals surface area contributed by atoms with Gasteiger partial charge >= 0.3 is 0 Å². The number of likely N-dealkylation sites (tertiary alicyclic amines) is 1. The van der Waals surface area contributed by atoms with Gasteiger partial charge in [-0.3, -0.25) is 24.6 Å². The maximum Gasteiger partial charge on any atom is 0.244 e. The van der Waals surface area contributed by atoms with Crippen LogP contribution in [-0.4, -0.2) is 45.4 Å². The molecule has 1 saturated heterocycles. The summed E-state index contributed by atoms with van der Waals surface area (Å²) < 4.78 is 0. The van der Waals surface area contributed by atoms with Gasteiger partial charge in [-0.15, -0.1) is 0 Å². The van der Waals surface area contributed by atoms with Gasteiger partial charge in [-0.2, -0.15) is 0 Å². The number of hydrogen-bond acceptors (Lipinski definition) is 5. The zero-order chi connectivity index (χ0) is 23.8. The van der Waals surface area contributed by atoms with E-state index in [4.69, 9.17) is 5.21 Å². The van der Waals surface area contributed by atoms with E-state index < -0.39 is 17.4 Å². The van der Waals surface area contributed by atoms with E-state index >= 15 is 0 Å². The second kappa shape index (κ2) is 11.0. The number of aromatic nitrogens is 1. The normalized spacial score (nSPS) is 18.9. The summed E-state index contributed by atoms with van der Waals surface area (Å²) in [6, 6.07) is 14.3. The number of pyridine rings is 1. The highest BCUT2D eigenvalue weighted by molar-refractivity contribution is 5.94. The van der Waals surface area contributed by atoms with E-state index in [2.05, 4.69) is 10.3 Å². The molecule has 0 bridgehead atoms. The Kier molecular flexibility index (Phi) is 8.16. The average Bonchev–Trinajstić information content (AvgIpc) is 3.11. The van der Waals surface area contributed by atoms with Crippen molar-refractivity contribution in [2.75, 3.05) is 6.54 Å². The van der Waals surface area contributed by atoms with Gasteiger partial charge in [0.2, 0.25) is 17.7 Å². The maximum absolute atomic E-state index is 13.7. The van der Waals surface area contributed by atoms with Crippen LogP contribution >= 0.6 is 0 Å². The topological polar surface area (TPSA) is 112 Å². The fraction of sp³-hybridized carbons (Fsp3) is 0.440. The number of rotatable bonds is 10. The van der Waals surface area contributed by atoms with Crippen LogP contribution in [0.2, 0.25) is 0 Å². The molecule has 176 valence electrons. The van der Waals surface area contributed by atoms with Crippen molar-refractivity contribution in [2.45, 2.75) is 52.1 Å². The molecule has 1 aromatic heterocycles. The zero-order valence-electron chi connectivity index (χ0n) is 19.2. The molecule has 2 aromatic rings. The third kappa shape index (κ3) is 6.16. The molecule has 1 aromatic carbocycles. The fourth-order valence-corrected chi connectivity index (χ4v) is 4.68. The second-order valence-electron chi connectivity index (χ2n) is 9.08. The van der Waals surface area contributed by atoms with Crippen molar-refractivity contribution in [3.05, 3.63) is 66.0 Å². The Morgan fingerprint density at radius 1 is 1.15 bits per heavy atom. The van der Waals surface area contributed by atoms with Crippen LogP contribution in [0, 0.1) is 11.3 Å². The van der Waals surface area contributed by atoms with Crippen LogP contribution in [0.15, 0.2) is 54.7 Å². The molecule has 3 amide bonds. The largest absolute Gasteiger partial charge is 0.349 e. The molecule has 8 heteroatoms. The molecule has 0 saturated carbocycles. The standard InChI is InChI=1S/C25H32N4O4/c1-18(2)15-25(16-22(30)28-33)11-13-29(24(25)32)21(14-19-8-4-3-5-9-19)23(31)27-17-20-10-6-7-12-26-20/h3-10,12,18,21,33H,11,13-17H2,1-2H3,(H,27,31)(H,28,30)/t21-,25+/m0/s1. The van der Waals surface area contributed by atoms with Crippen molar-refractivity contribution < 1.29 is 19.6 Å². The molecule has 1 aliphatic rings. The maximum atomic E-state index is 13.7. The lowest BCUT2D eigenvalue weighted by Crippen LogP contribution is -2.51. The first-order valence-corrected chi connectivity index (χ1v) is 11.3. The highest BCUT2D eigenvalue weighted by atomic mass is 16.5. The summed E-state index contributed by atoms with van der Waals surface area (Å²) in [6.45, 7) is 4.63. The number of amides is 3. The minimum absolute atomic E-state index is 0.107. The van der Waals surface area contributed by atoms with Crippen LogP contribution in [0.3, 0.4) is 0 Å². The summed E-state index contributed by atoms with van der Waals surface area (Å²) >= 11 is 0. The summed E-state index contributed by atoms with van der Waals surface area (Å²) in [5.41, 5.74) is 2.40. The first-order valence-electron chi connectivity index (χ1n) is 11.3. The SMILES string of the molecule is CC(C)C[C@@]1(CC(=O)NO)CCN([C@@H](Cc2ccccc2)C(=O)NCc2ccccn2)C1=O. The van der Waals surface area contributed by atoms with Crippen molar-refractivity contribution in [1.29, 1.82) is 0 Å². The third-order valence-electron chi connectivity index (χ3n) is 6.09. The van der Waals surface area contributed by atoms with Gasteiger partial charge in [-0.05, 0) is 36.5 Å². The van der Waals surface area contributed by atoms with Gasteiger partial charge in [0.05, 0.1) is 17.7 Å². The Morgan fingerprint density at radius 2 is 1.88 bits per heavy atom. The van der Waals surface area contributed by atoms with Gasteiger partial charge in [0.15, 0.2) is 0 Å². The molecule has 0 unspecified atom stereocenters. The van der Waals surface area contributed by atoms with Gasteiger partial charge in [0, 0.05) is 25.6 Å². The predicted molar refractivity (Wildman–Crippen MR) is 123 cm³/mol. The molecule has 2 atom stereocenters. The Hall–Kier alpha value is -3.26. The van der Waals surface area contributed by atoms with E-state index in [9.17, 15) is 14.4 Å². The lowest BCUT2D eigenvalue weighted by atomic mass is 9.75. The predicted octanol–water partition coefficient (Wildman–Crippen LogP) is 2.47. The lowest BCUT2D eigenvalue weighted by Gasteiger charge is -2.32. The fourth-order valence-electron chi connectivity index (χ4n) is 4.68. The molecule has 3 N–H and O–H groups in total. The van der Waals surface area contributed by atoms with Crippen LogP contribution < -0.4 is 10.8 Å². The van der Waals surface area contributed by atoms with Crippen molar-refractivity contribution in [3.63, 3.8) is 0 Å². The van der Waals surface area contributed by atoms with Gasteiger partial charge < -0.3 is 10.2 Å². The zero-order valence-corrected chi connectivity index (χ0v) is 19.2. The number of nitrogens with zero attached hydrogens (tertiary/aromatic N) is 2. The first-order chi connectivity index (χ1) is 15.8. The number of hydrogen-bond donors (Lipinski definition) is 3. The molecule has 3 rings (SSSR count). The number of carbonyl (C=O) groups is 3. The van der Waals surface area contributed by atoms with E-state index in [1.165, 1.54) is 0 Å². The number of carbonyl (C=O) groups excluding carboxylic acids is 3. The smallest absolute Gasteiger partial charge is 0.244 e. The molecular formula is C25H32N4O4. The average molecular weight is 453 g/mol. The highest BCUT2D eigenvalue weighted by Gasteiger charge is 2.50. The summed E-state index contributed by atoms with van der Waals surface area (Å²) in [7, 11) is 0. The van der Waals surface area contributed by atoms with Gasteiger partial charge in [0.1, 0.15) is 6.04 Å². The molecule has 1 aliphatic heterocycles. The van der Waals surface area contributed by atoms with Gasteiger partial charge in [-0.1, -0.05) is 50.2 Å². The Labute approximate surface area is 194 Å². The Morgan fingerprint density at radius 3 is 2.52 bits per heavy atom. The van der Waals surface area contributed by atoms with Crippen molar-refractivity contribution in [3.8, 4) is 0 Å². The van der Waals surface area contributed by atoms with Crippen molar-refractivity contribution in [2.24, 2.45) is 11.3 Å². The van der Waals surface area contributed by atoms with Crippen LogP contribution in [0.4, 0.5) is 0 Å². The molecule has 8 nitrogen and oxygen atoms in total. The monoisotopic (exact) mass is 452 g/mol. The van der Waals surface area contributed by atoms with Crippen molar-refractivity contribution in [1.82, 2.24) is 20.7 Å². The Balaban J connectivity index is 1.84. The molecule has 0 radical (unpaired) electrons. The van der Waals surface area contributed by atoms with E-state index in [1.54, 1.807) is 16.6 Å². The molecule has 0 aliphatic carbocycles. The quantitative estimate of drug-likeness (QED) is 0.379. The number of benzene rings is 1. The van der Waals surface area contributed by atoms with E-state index in [0.29, 0.717) is 25.8 Å². The van der Waals surface area contributed by atoms with E-state index in [-0.39, 0.29) is 30.7 Å². The molecule has 33 heavy (non-hydrogen) atoms.